The molecule has 0 aromatic carbocycles. The minimum Gasteiger partial charge on any atom is -0.299 e. The predicted molar refractivity (Wildman–Crippen MR) is 67.2 cm³/mol. The number of hydrogen-bond donors (Lipinski definition) is 0. The number of allylic oxidation sites excluding steroid dienone is 6. The summed E-state index contributed by atoms with van der Waals surface area (Å²) in [6.45, 7) is 6.70. The molecule has 0 aromatic rings. The average molecular weight is 216 g/mol. The van der Waals surface area contributed by atoms with Crippen LogP contribution >= 0.6 is 0 Å². The van der Waals surface area contributed by atoms with E-state index in [4.69, 9.17) is 0 Å². The maximum Gasteiger partial charge on any atom is 0.137 e. The van der Waals surface area contributed by atoms with Gasteiger partial charge in [-0.05, 0) is 29.4 Å². The zero-order valence-corrected chi connectivity index (χ0v) is 10.5. The molecule has 0 heterocycles. The summed E-state index contributed by atoms with van der Waals surface area (Å²) in [6.07, 6.45) is 10.1. The van der Waals surface area contributed by atoms with Gasteiger partial charge in [0, 0.05) is 12.8 Å². The van der Waals surface area contributed by atoms with Crippen molar-refractivity contribution >= 4 is 5.78 Å². The normalized spacial score (nSPS) is 21.7. The summed E-state index contributed by atoms with van der Waals surface area (Å²) in [4.78, 5) is 11.4. The maximum absolute atomic E-state index is 11.4. The van der Waals surface area contributed by atoms with Crippen molar-refractivity contribution in [2.75, 3.05) is 0 Å². The smallest absolute Gasteiger partial charge is 0.137 e. The Labute approximate surface area is 97.9 Å². The van der Waals surface area contributed by atoms with E-state index in [1.165, 1.54) is 16.7 Å². The molecule has 2 aliphatic carbocycles. The van der Waals surface area contributed by atoms with Crippen LogP contribution in [0.3, 0.4) is 0 Å². The van der Waals surface area contributed by atoms with Crippen molar-refractivity contribution in [3.05, 3.63) is 34.9 Å². The van der Waals surface area contributed by atoms with Crippen LogP contribution in [0.5, 0.6) is 0 Å². The van der Waals surface area contributed by atoms with Gasteiger partial charge in [-0.25, -0.2) is 0 Å². The lowest BCUT2D eigenvalue weighted by Gasteiger charge is -2.19. The van der Waals surface area contributed by atoms with Gasteiger partial charge >= 0.3 is 0 Å². The van der Waals surface area contributed by atoms with Gasteiger partial charge in [-0.2, -0.15) is 0 Å². The zero-order valence-electron chi connectivity index (χ0n) is 10.5. The number of carbonyl (C=O) groups is 1. The van der Waals surface area contributed by atoms with Crippen LogP contribution in [0.1, 0.15) is 46.5 Å². The third-order valence-corrected chi connectivity index (χ3v) is 3.44. The minimum absolute atomic E-state index is 0.203. The summed E-state index contributed by atoms with van der Waals surface area (Å²) in [5.41, 5.74) is 4.32. The Balaban J connectivity index is 2.25. The molecule has 0 amide bonds. The first-order valence-electron chi connectivity index (χ1n) is 6.08. The van der Waals surface area contributed by atoms with E-state index in [1.807, 2.05) is 0 Å². The van der Waals surface area contributed by atoms with Gasteiger partial charge in [0.15, 0.2) is 0 Å². The van der Waals surface area contributed by atoms with E-state index < -0.39 is 0 Å². The van der Waals surface area contributed by atoms with Crippen molar-refractivity contribution < 1.29 is 4.79 Å². The third kappa shape index (κ3) is 2.34. The van der Waals surface area contributed by atoms with E-state index in [1.54, 1.807) is 0 Å². The first-order valence-corrected chi connectivity index (χ1v) is 6.08. The Hall–Kier alpha value is -1.11. The van der Waals surface area contributed by atoms with Crippen LogP contribution in [0.25, 0.3) is 0 Å². The second-order valence-corrected chi connectivity index (χ2v) is 5.79. The van der Waals surface area contributed by atoms with Crippen LogP contribution in [-0.4, -0.2) is 5.78 Å². The van der Waals surface area contributed by atoms with Crippen LogP contribution in [-0.2, 0) is 4.79 Å². The number of Topliss-reactive ketones (excluding diaryl/α,β-unsaturated/α-hetero) is 1. The lowest BCUT2D eigenvalue weighted by molar-refractivity contribution is -0.118. The number of ketones is 1. The SMILES string of the molecule is CC(C)(C)C1=CCC2=C(C=C1)CCC(=O)C2. The van der Waals surface area contributed by atoms with Gasteiger partial charge in [0.05, 0.1) is 0 Å². The number of rotatable bonds is 0. The summed E-state index contributed by atoms with van der Waals surface area (Å²) in [5.74, 6) is 0.403. The first kappa shape index (κ1) is 11.4. The minimum atomic E-state index is 0.203. The van der Waals surface area contributed by atoms with E-state index in [0.717, 1.165) is 19.3 Å². The molecule has 0 aromatic heterocycles. The van der Waals surface area contributed by atoms with Gasteiger partial charge in [-0.3, -0.25) is 4.79 Å². The highest BCUT2D eigenvalue weighted by Gasteiger charge is 2.20. The standard InChI is InChI=1S/C15H20O/c1-15(2,3)13-7-4-11-6-9-14(16)10-12(11)5-8-13/h4,7-8H,5-6,9-10H2,1-3H3. The highest BCUT2D eigenvalue weighted by atomic mass is 16.1. The zero-order chi connectivity index (χ0) is 11.8. The molecule has 0 bridgehead atoms. The fourth-order valence-corrected chi connectivity index (χ4v) is 2.34. The predicted octanol–water partition coefficient (Wildman–Crippen LogP) is 3.97. The van der Waals surface area contributed by atoms with Crippen LogP contribution < -0.4 is 0 Å². The van der Waals surface area contributed by atoms with E-state index in [9.17, 15) is 4.79 Å². The van der Waals surface area contributed by atoms with Crippen molar-refractivity contribution in [2.24, 2.45) is 5.41 Å². The monoisotopic (exact) mass is 216 g/mol. The molecule has 1 heteroatoms. The fraction of sp³-hybridized carbons (Fsp3) is 0.533. The first-order chi connectivity index (χ1) is 7.47. The van der Waals surface area contributed by atoms with E-state index in [-0.39, 0.29) is 5.41 Å². The summed E-state index contributed by atoms with van der Waals surface area (Å²) >= 11 is 0. The molecule has 0 N–H and O–H groups in total. The van der Waals surface area contributed by atoms with Crippen molar-refractivity contribution in [1.29, 1.82) is 0 Å². The summed E-state index contributed by atoms with van der Waals surface area (Å²) < 4.78 is 0. The van der Waals surface area contributed by atoms with E-state index in [0.29, 0.717) is 12.2 Å². The van der Waals surface area contributed by atoms with Crippen molar-refractivity contribution in [3.63, 3.8) is 0 Å². The van der Waals surface area contributed by atoms with Crippen LogP contribution in [0.2, 0.25) is 0 Å². The molecule has 2 rings (SSSR count). The maximum atomic E-state index is 11.4. The second-order valence-electron chi connectivity index (χ2n) is 5.79. The molecular weight excluding hydrogens is 196 g/mol. The quantitative estimate of drug-likeness (QED) is 0.599. The molecule has 0 atom stereocenters. The fourth-order valence-electron chi connectivity index (χ4n) is 2.34. The highest BCUT2D eigenvalue weighted by Crippen LogP contribution is 2.34. The Morgan fingerprint density at radius 1 is 1.12 bits per heavy atom. The van der Waals surface area contributed by atoms with Gasteiger partial charge in [-0.1, -0.05) is 44.6 Å². The van der Waals surface area contributed by atoms with Crippen LogP contribution in [0, 0.1) is 5.41 Å². The largest absolute Gasteiger partial charge is 0.299 e. The van der Waals surface area contributed by atoms with Crippen LogP contribution in [0.4, 0.5) is 0 Å². The summed E-state index contributed by atoms with van der Waals surface area (Å²) in [6, 6.07) is 0. The topological polar surface area (TPSA) is 17.1 Å². The van der Waals surface area contributed by atoms with Crippen LogP contribution in [0.15, 0.2) is 34.9 Å². The van der Waals surface area contributed by atoms with Gasteiger partial charge < -0.3 is 0 Å². The summed E-state index contributed by atoms with van der Waals surface area (Å²) in [5, 5.41) is 0. The second kappa shape index (κ2) is 4.04. The third-order valence-electron chi connectivity index (χ3n) is 3.44. The molecule has 86 valence electrons. The molecule has 16 heavy (non-hydrogen) atoms. The lowest BCUT2D eigenvalue weighted by Crippen LogP contribution is -2.08. The molecule has 1 nitrogen and oxygen atoms in total. The van der Waals surface area contributed by atoms with Gasteiger partial charge in [0.2, 0.25) is 0 Å². The lowest BCUT2D eigenvalue weighted by atomic mass is 9.85. The van der Waals surface area contributed by atoms with E-state index >= 15 is 0 Å². The molecule has 0 unspecified atom stereocenters. The molecule has 0 aliphatic heterocycles. The van der Waals surface area contributed by atoms with E-state index in [2.05, 4.69) is 39.0 Å². The molecule has 0 saturated carbocycles. The molecule has 0 spiro atoms. The highest BCUT2D eigenvalue weighted by molar-refractivity contribution is 5.83. The van der Waals surface area contributed by atoms with Crippen molar-refractivity contribution in [1.82, 2.24) is 0 Å². The van der Waals surface area contributed by atoms with Gasteiger partial charge in [0.25, 0.3) is 0 Å². The Morgan fingerprint density at radius 2 is 1.88 bits per heavy atom. The van der Waals surface area contributed by atoms with Gasteiger partial charge in [-0.15, -0.1) is 0 Å². The Kier molecular flexibility index (Phi) is 2.88. The Morgan fingerprint density at radius 3 is 2.56 bits per heavy atom. The van der Waals surface area contributed by atoms with Crippen molar-refractivity contribution in [2.45, 2.75) is 46.5 Å². The molecule has 0 saturated heterocycles. The molecule has 0 fully saturated rings. The average Bonchev–Trinajstić information content (AvgIpc) is 2.38. The number of carbonyl (C=O) groups excluding carboxylic acids is 1. The molecule has 2 aliphatic rings. The molecule has 0 radical (unpaired) electrons. The Bertz CT molecular complexity index is 400. The van der Waals surface area contributed by atoms with Gasteiger partial charge in [0.1, 0.15) is 5.78 Å². The number of hydrogen-bond acceptors (Lipinski definition) is 1. The summed E-state index contributed by atoms with van der Waals surface area (Å²) in [7, 11) is 0. The molecular formula is C15H20O. The van der Waals surface area contributed by atoms with Crippen molar-refractivity contribution in [3.8, 4) is 0 Å².